The number of likely N-dealkylation sites (tertiary alicyclic amines) is 2. The van der Waals surface area contributed by atoms with Crippen molar-refractivity contribution in [3.63, 3.8) is 0 Å². The van der Waals surface area contributed by atoms with E-state index in [2.05, 4.69) is 9.97 Å². The fourth-order valence-electron chi connectivity index (χ4n) is 4.22. The topological polar surface area (TPSA) is 66.4 Å². The van der Waals surface area contributed by atoms with E-state index in [1.807, 2.05) is 6.07 Å². The highest BCUT2D eigenvalue weighted by molar-refractivity contribution is 5.92. The Kier molecular flexibility index (Phi) is 4.14. The van der Waals surface area contributed by atoms with Crippen molar-refractivity contribution in [1.82, 2.24) is 19.8 Å². The van der Waals surface area contributed by atoms with Gasteiger partial charge in [-0.25, -0.2) is 9.37 Å². The molecule has 0 saturated carbocycles. The molecule has 4 rings (SSSR count). The molecule has 2 aliphatic heterocycles. The third kappa shape index (κ3) is 2.83. The zero-order valence-electron chi connectivity index (χ0n) is 14.4. The summed E-state index contributed by atoms with van der Waals surface area (Å²) in [5.74, 6) is -0.241. The predicted octanol–water partition coefficient (Wildman–Crippen LogP) is 1.91. The van der Waals surface area contributed by atoms with Gasteiger partial charge in [-0.05, 0) is 17.7 Å². The molecule has 0 bridgehead atoms. The van der Waals surface area contributed by atoms with Gasteiger partial charge in [0, 0.05) is 50.8 Å². The van der Waals surface area contributed by atoms with E-state index < -0.39 is 0 Å². The number of halogens is 1. The van der Waals surface area contributed by atoms with Crippen LogP contribution >= 0.6 is 0 Å². The van der Waals surface area contributed by atoms with Crippen LogP contribution in [0, 0.1) is 17.7 Å². The van der Waals surface area contributed by atoms with Crippen LogP contribution in [-0.4, -0.2) is 51.2 Å². The highest BCUT2D eigenvalue weighted by Crippen LogP contribution is 2.45. The third-order valence-corrected chi connectivity index (χ3v) is 5.33. The first-order valence-corrected chi connectivity index (χ1v) is 8.62. The number of carbonyl (C=O) groups is 2. The summed E-state index contributed by atoms with van der Waals surface area (Å²) in [5.41, 5.74) is 1.10. The first-order valence-electron chi connectivity index (χ1n) is 8.62. The van der Waals surface area contributed by atoms with Crippen molar-refractivity contribution in [3.8, 4) is 0 Å². The maximum Gasteiger partial charge on any atom is 0.274 e. The van der Waals surface area contributed by atoms with Crippen LogP contribution in [0.2, 0.25) is 0 Å². The normalized spacial score (nSPS) is 24.6. The molecule has 2 saturated heterocycles. The number of nitrogens with zero attached hydrogens (tertiary/aromatic N) is 4. The molecule has 0 radical (unpaired) electrons. The minimum Gasteiger partial charge on any atom is -0.337 e. The van der Waals surface area contributed by atoms with Gasteiger partial charge in [0.1, 0.15) is 11.5 Å². The van der Waals surface area contributed by atoms with E-state index in [-0.39, 0.29) is 35.5 Å². The Morgan fingerprint density at radius 2 is 2.04 bits per heavy atom. The molecule has 0 spiro atoms. The first kappa shape index (κ1) is 16.6. The van der Waals surface area contributed by atoms with E-state index in [0.29, 0.717) is 25.3 Å². The second kappa shape index (κ2) is 6.48. The molecule has 26 heavy (non-hydrogen) atoms. The molecule has 2 amide bonds. The average molecular weight is 354 g/mol. The van der Waals surface area contributed by atoms with E-state index in [1.165, 1.54) is 37.6 Å². The van der Waals surface area contributed by atoms with Gasteiger partial charge in [-0.2, -0.15) is 0 Å². The standard InChI is InChI=1S/C19H19FN4O2/c1-12(25)24-10-14-9-23(19(26)17-8-21-5-6-22-17)11-16(14)18(24)13-3-2-4-15(20)7-13/h2-8,14,16,18H,9-11H2,1H3/t14-,16-,18+/m1/s1. The third-order valence-electron chi connectivity index (χ3n) is 5.33. The Hall–Kier alpha value is -2.83. The van der Waals surface area contributed by atoms with Crippen LogP contribution < -0.4 is 0 Å². The number of benzene rings is 1. The molecule has 1 aromatic carbocycles. The van der Waals surface area contributed by atoms with Crippen molar-refractivity contribution in [2.24, 2.45) is 11.8 Å². The number of aromatic nitrogens is 2. The molecule has 2 aliphatic rings. The van der Waals surface area contributed by atoms with Crippen molar-refractivity contribution in [2.75, 3.05) is 19.6 Å². The highest BCUT2D eigenvalue weighted by atomic mass is 19.1. The lowest BCUT2D eigenvalue weighted by Crippen LogP contribution is -2.36. The lowest BCUT2D eigenvalue weighted by atomic mass is 9.89. The average Bonchev–Trinajstić information content (AvgIpc) is 3.19. The van der Waals surface area contributed by atoms with Crippen molar-refractivity contribution in [1.29, 1.82) is 0 Å². The molecule has 3 atom stereocenters. The van der Waals surface area contributed by atoms with E-state index in [1.54, 1.807) is 15.9 Å². The highest BCUT2D eigenvalue weighted by Gasteiger charge is 2.49. The van der Waals surface area contributed by atoms with Crippen LogP contribution in [0.5, 0.6) is 0 Å². The summed E-state index contributed by atoms with van der Waals surface area (Å²) in [6.07, 6.45) is 4.49. The minimum atomic E-state index is -0.319. The number of rotatable bonds is 2. The van der Waals surface area contributed by atoms with Crippen LogP contribution in [0.1, 0.15) is 29.0 Å². The van der Waals surface area contributed by atoms with Gasteiger partial charge < -0.3 is 9.80 Å². The molecule has 7 heteroatoms. The largest absolute Gasteiger partial charge is 0.337 e. The second-order valence-electron chi connectivity index (χ2n) is 6.90. The molecule has 134 valence electrons. The molecule has 0 N–H and O–H groups in total. The molecule has 0 unspecified atom stereocenters. The Bertz CT molecular complexity index is 844. The van der Waals surface area contributed by atoms with Crippen LogP contribution in [-0.2, 0) is 4.79 Å². The maximum absolute atomic E-state index is 13.7. The van der Waals surface area contributed by atoms with Crippen molar-refractivity contribution < 1.29 is 14.0 Å². The van der Waals surface area contributed by atoms with Crippen LogP contribution in [0.25, 0.3) is 0 Å². The molecule has 2 fully saturated rings. The Labute approximate surface area is 150 Å². The molecule has 1 aromatic heterocycles. The van der Waals surface area contributed by atoms with E-state index in [9.17, 15) is 14.0 Å². The van der Waals surface area contributed by atoms with Gasteiger partial charge >= 0.3 is 0 Å². The number of carbonyl (C=O) groups excluding carboxylic acids is 2. The molecular formula is C19H19FN4O2. The summed E-state index contributed by atoms with van der Waals surface area (Å²) in [7, 11) is 0. The SMILES string of the molecule is CC(=O)N1C[C@H]2CN(C(=O)c3cnccn3)C[C@H]2[C@@H]1c1cccc(F)c1. The zero-order chi connectivity index (χ0) is 18.3. The predicted molar refractivity (Wildman–Crippen MR) is 91.4 cm³/mol. The second-order valence-corrected chi connectivity index (χ2v) is 6.90. The quantitative estimate of drug-likeness (QED) is 0.826. The summed E-state index contributed by atoms with van der Waals surface area (Å²) >= 11 is 0. The molecular weight excluding hydrogens is 335 g/mol. The lowest BCUT2D eigenvalue weighted by molar-refractivity contribution is -0.130. The van der Waals surface area contributed by atoms with Gasteiger partial charge in [0.15, 0.2) is 0 Å². The summed E-state index contributed by atoms with van der Waals surface area (Å²) in [6, 6.07) is 6.17. The molecule has 2 aromatic rings. The molecule has 3 heterocycles. The summed E-state index contributed by atoms with van der Waals surface area (Å²) < 4.78 is 13.7. The van der Waals surface area contributed by atoms with E-state index in [4.69, 9.17) is 0 Å². The number of amides is 2. The smallest absolute Gasteiger partial charge is 0.274 e. The minimum absolute atomic E-state index is 0.0273. The van der Waals surface area contributed by atoms with Gasteiger partial charge in [-0.1, -0.05) is 12.1 Å². The molecule has 6 nitrogen and oxygen atoms in total. The van der Waals surface area contributed by atoms with Crippen molar-refractivity contribution >= 4 is 11.8 Å². The monoisotopic (exact) mass is 354 g/mol. The zero-order valence-corrected chi connectivity index (χ0v) is 14.4. The number of hydrogen-bond acceptors (Lipinski definition) is 4. The Balaban J connectivity index is 1.60. The van der Waals surface area contributed by atoms with E-state index in [0.717, 1.165) is 5.56 Å². The van der Waals surface area contributed by atoms with Gasteiger partial charge in [-0.15, -0.1) is 0 Å². The molecule has 0 aliphatic carbocycles. The van der Waals surface area contributed by atoms with Crippen LogP contribution in [0.3, 0.4) is 0 Å². The summed E-state index contributed by atoms with van der Waals surface area (Å²) in [4.78, 5) is 36.4. The Morgan fingerprint density at radius 3 is 2.73 bits per heavy atom. The van der Waals surface area contributed by atoms with Gasteiger partial charge in [0.05, 0.1) is 12.2 Å². The lowest BCUT2D eigenvalue weighted by Gasteiger charge is -2.29. The van der Waals surface area contributed by atoms with E-state index >= 15 is 0 Å². The van der Waals surface area contributed by atoms with Crippen LogP contribution in [0.4, 0.5) is 4.39 Å². The maximum atomic E-state index is 13.7. The van der Waals surface area contributed by atoms with Gasteiger partial charge in [-0.3, -0.25) is 14.6 Å². The van der Waals surface area contributed by atoms with Crippen molar-refractivity contribution in [3.05, 3.63) is 59.9 Å². The number of hydrogen-bond donors (Lipinski definition) is 0. The van der Waals surface area contributed by atoms with Gasteiger partial charge in [0.2, 0.25) is 5.91 Å². The summed E-state index contributed by atoms with van der Waals surface area (Å²) in [5, 5.41) is 0. The van der Waals surface area contributed by atoms with Crippen LogP contribution in [0.15, 0.2) is 42.9 Å². The first-order chi connectivity index (χ1) is 12.5. The fraction of sp³-hybridized carbons (Fsp3) is 0.368. The van der Waals surface area contributed by atoms with Crippen molar-refractivity contribution in [2.45, 2.75) is 13.0 Å². The Morgan fingerprint density at radius 1 is 1.19 bits per heavy atom. The number of fused-ring (bicyclic) bond motifs is 1. The summed E-state index contributed by atoms with van der Waals surface area (Å²) in [6.45, 7) is 3.20. The van der Waals surface area contributed by atoms with Gasteiger partial charge in [0.25, 0.3) is 5.91 Å². The fourth-order valence-corrected chi connectivity index (χ4v) is 4.22.